The van der Waals surface area contributed by atoms with Crippen molar-refractivity contribution >= 4 is 11.8 Å². The van der Waals surface area contributed by atoms with Crippen LogP contribution in [0.2, 0.25) is 0 Å². The molecule has 1 unspecified atom stereocenters. The maximum absolute atomic E-state index is 11.9. The summed E-state index contributed by atoms with van der Waals surface area (Å²) in [5, 5.41) is 5.43. The van der Waals surface area contributed by atoms with Gasteiger partial charge in [0.25, 0.3) is 5.91 Å². The van der Waals surface area contributed by atoms with E-state index in [1.165, 1.54) is 0 Å². The first-order chi connectivity index (χ1) is 10.6. The maximum atomic E-state index is 11.9. The molecule has 6 nitrogen and oxygen atoms in total. The van der Waals surface area contributed by atoms with E-state index in [2.05, 4.69) is 10.6 Å². The van der Waals surface area contributed by atoms with Crippen molar-refractivity contribution in [3.63, 3.8) is 0 Å². The third-order valence-electron chi connectivity index (χ3n) is 2.97. The molecule has 122 valence electrons. The molecular weight excluding hydrogens is 284 g/mol. The Bertz CT molecular complexity index is 451. The average Bonchev–Trinajstić information content (AvgIpc) is 2.54. The van der Waals surface area contributed by atoms with Gasteiger partial charge in [-0.1, -0.05) is 18.2 Å². The molecule has 6 heteroatoms. The van der Waals surface area contributed by atoms with Gasteiger partial charge < -0.3 is 20.1 Å². The van der Waals surface area contributed by atoms with Crippen LogP contribution in [0, 0.1) is 0 Å². The van der Waals surface area contributed by atoms with Gasteiger partial charge in [-0.15, -0.1) is 0 Å². The Kier molecular flexibility index (Phi) is 8.86. The number of carbonyl (C=O) groups excluding carboxylic acids is 2. The van der Waals surface area contributed by atoms with Gasteiger partial charge in [0.05, 0.1) is 13.2 Å². The quantitative estimate of drug-likeness (QED) is 0.632. The number of hydrogen-bond acceptors (Lipinski definition) is 4. The molecule has 2 N–H and O–H groups in total. The maximum Gasteiger partial charge on any atom is 0.251 e. The first-order valence-electron chi connectivity index (χ1n) is 7.35. The molecule has 1 atom stereocenters. The average molecular weight is 308 g/mol. The van der Waals surface area contributed by atoms with Crippen molar-refractivity contribution < 1.29 is 19.1 Å². The number of hydrogen-bond donors (Lipinski definition) is 2. The van der Waals surface area contributed by atoms with E-state index in [9.17, 15) is 9.59 Å². The minimum Gasteiger partial charge on any atom is -0.382 e. The zero-order valence-corrected chi connectivity index (χ0v) is 13.1. The minimum absolute atomic E-state index is 0.207. The summed E-state index contributed by atoms with van der Waals surface area (Å²) in [7, 11) is 1.62. The molecule has 1 rings (SSSR count). The van der Waals surface area contributed by atoms with E-state index in [1.807, 2.05) is 6.07 Å². The highest BCUT2D eigenvalue weighted by molar-refractivity contribution is 5.97. The van der Waals surface area contributed by atoms with Crippen LogP contribution in [0.5, 0.6) is 0 Å². The second-order valence-electron chi connectivity index (χ2n) is 4.81. The van der Waals surface area contributed by atoms with Crippen molar-refractivity contribution in [3.05, 3.63) is 35.9 Å². The molecule has 0 fully saturated rings. The Morgan fingerprint density at radius 3 is 2.55 bits per heavy atom. The Balaban J connectivity index is 2.18. The zero-order valence-electron chi connectivity index (χ0n) is 13.1. The molecule has 1 aromatic carbocycles. The number of rotatable bonds is 10. The van der Waals surface area contributed by atoms with Gasteiger partial charge in [0.2, 0.25) is 5.91 Å². The number of benzene rings is 1. The van der Waals surface area contributed by atoms with E-state index in [0.717, 1.165) is 6.42 Å². The molecule has 0 saturated heterocycles. The third kappa shape index (κ3) is 7.19. The molecule has 0 spiro atoms. The van der Waals surface area contributed by atoms with Crippen molar-refractivity contribution in [1.29, 1.82) is 0 Å². The summed E-state index contributed by atoms with van der Waals surface area (Å²) in [5.41, 5.74) is 0.536. The summed E-state index contributed by atoms with van der Waals surface area (Å²) in [6.45, 7) is 3.85. The molecule has 0 radical (unpaired) electrons. The number of ether oxygens (including phenoxy) is 2. The molecule has 0 aliphatic rings. The Labute approximate surface area is 131 Å². The molecule has 1 aromatic rings. The molecule has 0 heterocycles. The van der Waals surface area contributed by atoms with Crippen LogP contribution < -0.4 is 10.6 Å². The summed E-state index contributed by atoms with van der Waals surface area (Å²) < 4.78 is 10.1. The Morgan fingerprint density at radius 2 is 1.86 bits per heavy atom. The van der Waals surface area contributed by atoms with Gasteiger partial charge in [0.15, 0.2) is 0 Å². The predicted octanol–water partition coefficient (Wildman–Crippen LogP) is 0.974. The highest BCUT2D eigenvalue weighted by atomic mass is 16.5. The van der Waals surface area contributed by atoms with Gasteiger partial charge in [0, 0.05) is 25.8 Å². The van der Waals surface area contributed by atoms with Gasteiger partial charge in [-0.25, -0.2) is 0 Å². The van der Waals surface area contributed by atoms with Crippen molar-refractivity contribution in [2.45, 2.75) is 19.4 Å². The van der Waals surface area contributed by atoms with Crippen molar-refractivity contribution in [2.75, 3.05) is 33.5 Å². The lowest BCUT2D eigenvalue weighted by Gasteiger charge is -2.14. The number of methoxy groups -OCH3 is 1. The predicted molar refractivity (Wildman–Crippen MR) is 83.7 cm³/mol. The lowest BCUT2D eigenvalue weighted by Crippen LogP contribution is -2.45. The summed E-state index contributed by atoms with van der Waals surface area (Å²) in [6.07, 6.45) is 0.717. The van der Waals surface area contributed by atoms with Gasteiger partial charge in [0.1, 0.15) is 6.04 Å². The molecular formula is C16H24N2O4. The Morgan fingerprint density at radius 1 is 1.14 bits per heavy atom. The Hall–Kier alpha value is -1.92. The fraction of sp³-hybridized carbons (Fsp3) is 0.500. The van der Waals surface area contributed by atoms with Crippen molar-refractivity contribution in [2.24, 2.45) is 0 Å². The summed E-state index contributed by atoms with van der Waals surface area (Å²) in [5.74, 6) is -0.465. The fourth-order valence-electron chi connectivity index (χ4n) is 1.72. The van der Waals surface area contributed by atoms with E-state index >= 15 is 0 Å². The highest BCUT2D eigenvalue weighted by Crippen LogP contribution is 1.98. The summed E-state index contributed by atoms with van der Waals surface area (Å²) in [4.78, 5) is 23.8. The second-order valence-corrected chi connectivity index (χ2v) is 4.81. The van der Waals surface area contributed by atoms with Crippen LogP contribution in [0.3, 0.4) is 0 Å². The van der Waals surface area contributed by atoms with Crippen LogP contribution in [-0.2, 0) is 14.3 Å². The summed E-state index contributed by atoms with van der Waals surface area (Å²) >= 11 is 0. The molecule has 0 aliphatic carbocycles. The number of nitrogens with one attached hydrogen (secondary N) is 2. The van der Waals surface area contributed by atoms with E-state index < -0.39 is 6.04 Å². The molecule has 0 bridgehead atoms. The first-order valence-corrected chi connectivity index (χ1v) is 7.35. The van der Waals surface area contributed by atoms with Crippen LogP contribution in [-0.4, -0.2) is 51.3 Å². The topological polar surface area (TPSA) is 76.7 Å². The summed E-state index contributed by atoms with van der Waals surface area (Å²) in [6, 6.07) is 8.23. The minimum atomic E-state index is -0.581. The van der Waals surface area contributed by atoms with Gasteiger partial charge in [-0.05, 0) is 25.5 Å². The lowest BCUT2D eigenvalue weighted by molar-refractivity contribution is -0.122. The number of amides is 2. The third-order valence-corrected chi connectivity index (χ3v) is 2.97. The van der Waals surface area contributed by atoms with Crippen LogP contribution in [0.25, 0.3) is 0 Å². The van der Waals surface area contributed by atoms with E-state index in [4.69, 9.17) is 9.47 Å². The molecule has 0 aromatic heterocycles. The first kappa shape index (κ1) is 18.1. The molecule has 0 aliphatic heterocycles. The van der Waals surface area contributed by atoms with Gasteiger partial charge in [-0.3, -0.25) is 9.59 Å². The smallest absolute Gasteiger partial charge is 0.251 e. The SMILES string of the molecule is COCCOCCCNC(=O)C(C)NC(=O)c1ccccc1. The van der Waals surface area contributed by atoms with Gasteiger partial charge >= 0.3 is 0 Å². The van der Waals surface area contributed by atoms with E-state index in [-0.39, 0.29) is 11.8 Å². The molecule has 2 amide bonds. The van der Waals surface area contributed by atoms with Crippen molar-refractivity contribution in [3.8, 4) is 0 Å². The molecule has 22 heavy (non-hydrogen) atoms. The highest BCUT2D eigenvalue weighted by Gasteiger charge is 2.15. The normalized spacial score (nSPS) is 11.7. The number of carbonyl (C=O) groups is 2. The second kappa shape index (κ2) is 10.8. The van der Waals surface area contributed by atoms with Crippen LogP contribution >= 0.6 is 0 Å². The van der Waals surface area contributed by atoms with E-state index in [0.29, 0.717) is 31.9 Å². The fourth-order valence-corrected chi connectivity index (χ4v) is 1.72. The molecule has 0 saturated carbocycles. The van der Waals surface area contributed by atoms with Crippen LogP contribution in [0.1, 0.15) is 23.7 Å². The van der Waals surface area contributed by atoms with Crippen LogP contribution in [0.15, 0.2) is 30.3 Å². The lowest BCUT2D eigenvalue weighted by atomic mass is 10.2. The monoisotopic (exact) mass is 308 g/mol. The zero-order chi connectivity index (χ0) is 16.2. The van der Waals surface area contributed by atoms with Crippen LogP contribution in [0.4, 0.5) is 0 Å². The standard InChI is InChI=1S/C16H24N2O4/c1-13(18-16(20)14-7-4-3-5-8-14)15(19)17-9-6-10-22-12-11-21-2/h3-5,7-8,13H,6,9-12H2,1-2H3,(H,17,19)(H,18,20). The van der Waals surface area contributed by atoms with E-state index in [1.54, 1.807) is 38.3 Å². The van der Waals surface area contributed by atoms with Crippen molar-refractivity contribution in [1.82, 2.24) is 10.6 Å². The largest absolute Gasteiger partial charge is 0.382 e. The van der Waals surface area contributed by atoms with Gasteiger partial charge in [-0.2, -0.15) is 0 Å².